The third-order valence-corrected chi connectivity index (χ3v) is 4.55. The van der Waals surface area contributed by atoms with Crippen LogP contribution in [-0.4, -0.2) is 18.9 Å². The molecule has 1 N–H and O–H groups in total. The zero-order chi connectivity index (χ0) is 14.6. The van der Waals surface area contributed by atoms with Crippen molar-refractivity contribution in [3.05, 3.63) is 34.6 Å². The number of Topliss-reactive ketones (excluding diaryl/α,β-unsaturated/α-hetero) is 1. The Morgan fingerprint density at radius 3 is 2.90 bits per heavy atom. The number of benzene rings is 1. The lowest BCUT2D eigenvalue weighted by Gasteiger charge is -2.36. The molecular formula is C16H21ClFNO. The Labute approximate surface area is 124 Å². The van der Waals surface area contributed by atoms with Gasteiger partial charge < -0.3 is 5.32 Å². The Morgan fingerprint density at radius 2 is 2.30 bits per heavy atom. The average Bonchev–Trinajstić information content (AvgIpc) is 2.44. The molecule has 1 aliphatic heterocycles. The third-order valence-electron chi connectivity index (χ3n) is 4.19. The van der Waals surface area contributed by atoms with Gasteiger partial charge >= 0.3 is 0 Å². The Bertz CT molecular complexity index is 458. The van der Waals surface area contributed by atoms with Crippen LogP contribution in [0.1, 0.15) is 38.2 Å². The summed E-state index contributed by atoms with van der Waals surface area (Å²) in [7, 11) is 0. The van der Waals surface area contributed by atoms with Crippen LogP contribution >= 0.6 is 11.6 Å². The van der Waals surface area contributed by atoms with E-state index in [-0.39, 0.29) is 23.4 Å². The van der Waals surface area contributed by atoms with Crippen molar-refractivity contribution < 1.29 is 9.18 Å². The van der Waals surface area contributed by atoms with Crippen LogP contribution in [0.15, 0.2) is 18.2 Å². The standard InChI is InChI=1S/C16H21ClFNO/c1-2-7-16(8-4-9-19-11-16)15(20)10-12-13(17)5-3-6-14(12)18/h3,5-6,19H,2,4,7-11H2,1H3. The SMILES string of the molecule is CCCC1(C(=O)Cc2c(F)cccc2Cl)CCCNC1. The van der Waals surface area contributed by atoms with Crippen LogP contribution in [-0.2, 0) is 11.2 Å². The van der Waals surface area contributed by atoms with Crippen LogP contribution in [0.5, 0.6) is 0 Å². The summed E-state index contributed by atoms with van der Waals surface area (Å²) in [5, 5.41) is 3.65. The van der Waals surface area contributed by atoms with E-state index in [0.29, 0.717) is 17.1 Å². The molecule has 0 aromatic heterocycles. The Kier molecular flexibility index (Phi) is 5.17. The average molecular weight is 298 g/mol. The smallest absolute Gasteiger partial charge is 0.144 e. The Balaban J connectivity index is 2.20. The van der Waals surface area contributed by atoms with Gasteiger partial charge in [0.2, 0.25) is 0 Å². The Hall–Kier alpha value is -0.930. The normalized spacial score (nSPS) is 22.8. The number of carbonyl (C=O) groups is 1. The molecule has 0 saturated carbocycles. The molecule has 2 rings (SSSR count). The number of carbonyl (C=O) groups excluding carboxylic acids is 1. The molecule has 1 aliphatic rings. The minimum Gasteiger partial charge on any atom is -0.316 e. The van der Waals surface area contributed by atoms with E-state index in [4.69, 9.17) is 11.6 Å². The van der Waals surface area contributed by atoms with Crippen molar-refractivity contribution in [1.82, 2.24) is 5.32 Å². The molecule has 1 heterocycles. The van der Waals surface area contributed by atoms with Gasteiger partial charge in [-0.05, 0) is 37.9 Å². The molecule has 20 heavy (non-hydrogen) atoms. The molecule has 1 aromatic rings. The second kappa shape index (κ2) is 6.68. The van der Waals surface area contributed by atoms with Gasteiger partial charge in [-0.2, -0.15) is 0 Å². The van der Waals surface area contributed by atoms with Crippen LogP contribution in [0, 0.1) is 11.2 Å². The second-order valence-electron chi connectivity index (χ2n) is 5.61. The number of rotatable bonds is 5. The van der Waals surface area contributed by atoms with E-state index in [9.17, 15) is 9.18 Å². The summed E-state index contributed by atoms with van der Waals surface area (Å²) in [6, 6.07) is 4.56. The number of nitrogens with one attached hydrogen (secondary N) is 1. The molecule has 0 bridgehead atoms. The fourth-order valence-electron chi connectivity index (χ4n) is 3.09. The second-order valence-corrected chi connectivity index (χ2v) is 6.02. The first-order valence-corrected chi connectivity index (χ1v) is 7.64. The molecule has 0 radical (unpaired) electrons. The van der Waals surface area contributed by atoms with Crippen molar-refractivity contribution in [2.75, 3.05) is 13.1 Å². The minimum absolute atomic E-state index is 0.0905. The largest absolute Gasteiger partial charge is 0.316 e. The predicted octanol–water partition coefficient (Wildman–Crippen LogP) is 3.76. The lowest BCUT2D eigenvalue weighted by molar-refractivity contribution is -0.129. The first kappa shape index (κ1) is 15.5. The highest BCUT2D eigenvalue weighted by Crippen LogP contribution is 2.35. The quantitative estimate of drug-likeness (QED) is 0.896. The summed E-state index contributed by atoms with van der Waals surface area (Å²) in [6.07, 6.45) is 3.78. The lowest BCUT2D eigenvalue weighted by Crippen LogP contribution is -2.46. The van der Waals surface area contributed by atoms with Crippen molar-refractivity contribution in [3.8, 4) is 0 Å². The fraction of sp³-hybridized carbons (Fsp3) is 0.562. The molecule has 1 fully saturated rings. The van der Waals surface area contributed by atoms with E-state index in [1.54, 1.807) is 12.1 Å². The van der Waals surface area contributed by atoms with Crippen molar-refractivity contribution in [2.24, 2.45) is 5.41 Å². The van der Waals surface area contributed by atoms with Gasteiger partial charge in [0.15, 0.2) is 0 Å². The summed E-state index contributed by atoms with van der Waals surface area (Å²) in [5.74, 6) is -0.278. The first-order valence-electron chi connectivity index (χ1n) is 7.26. The molecule has 1 aromatic carbocycles. The first-order chi connectivity index (χ1) is 9.59. The third kappa shape index (κ3) is 3.21. The van der Waals surface area contributed by atoms with E-state index in [2.05, 4.69) is 12.2 Å². The number of piperidine rings is 1. The molecule has 2 nitrogen and oxygen atoms in total. The van der Waals surface area contributed by atoms with Crippen molar-refractivity contribution in [1.29, 1.82) is 0 Å². The van der Waals surface area contributed by atoms with Crippen LogP contribution in [0.2, 0.25) is 5.02 Å². The molecule has 0 spiro atoms. The zero-order valence-corrected chi connectivity index (χ0v) is 12.6. The van der Waals surface area contributed by atoms with E-state index < -0.39 is 0 Å². The van der Waals surface area contributed by atoms with Crippen LogP contribution in [0.4, 0.5) is 4.39 Å². The van der Waals surface area contributed by atoms with E-state index >= 15 is 0 Å². The van der Waals surface area contributed by atoms with Crippen LogP contribution in [0.3, 0.4) is 0 Å². The van der Waals surface area contributed by atoms with Crippen molar-refractivity contribution >= 4 is 17.4 Å². The van der Waals surface area contributed by atoms with Crippen molar-refractivity contribution in [2.45, 2.75) is 39.0 Å². The van der Waals surface area contributed by atoms with Gasteiger partial charge in [-0.25, -0.2) is 4.39 Å². The maximum Gasteiger partial charge on any atom is 0.144 e. The molecule has 110 valence electrons. The van der Waals surface area contributed by atoms with Gasteiger partial charge in [0, 0.05) is 29.0 Å². The highest BCUT2D eigenvalue weighted by molar-refractivity contribution is 6.31. The minimum atomic E-state index is -0.388. The van der Waals surface area contributed by atoms with Crippen molar-refractivity contribution in [3.63, 3.8) is 0 Å². The van der Waals surface area contributed by atoms with Gasteiger partial charge in [0.05, 0.1) is 0 Å². The molecular weight excluding hydrogens is 277 g/mol. The topological polar surface area (TPSA) is 29.1 Å². The maximum absolute atomic E-state index is 13.8. The summed E-state index contributed by atoms with van der Waals surface area (Å²) in [6.45, 7) is 3.74. The molecule has 1 saturated heterocycles. The van der Waals surface area contributed by atoms with Crippen LogP contribution < -0.4 is 5.32 Å². The summed E-state index contributed by atoms with van der Waals surface area (Å²) >= 11 is 6.03. The molecule has 1 unspecified atom stereocenters. The lowest BCUT2D eigenvalue weighted by atomic mass is 9.72. The van der Waals surface area contributed by atoms with E-state index in [1.807, 2.05) is 0 Å². The number of hydrogen-bond acceptors (Lipinski definition) is 2. The summed E-state index contributed by atoms with van der Waals surface area (Å²) < 4.78 is 13.8. The number of ketones is 1. The fourth-order valence-corrected chi connectivity index (χ4v) is 3.32. The molecule has 4 heteroatoms. The molecule has 1 atom stereocenters. The van der Waals surface area contributed by atoms with Gasteiger partial charge in [0.25, 0.3) is 0 Å². The van der Waals surface area contributed by atoms with Gasteiger partial charge in [-0.15, -0.1) is 0 Å². The highest BCUT2D eigenvalue weighted by Gasteiger charge is 2.38. The van der Waals surface area contributed by atoms with Gasteiger partial charge in [-0.3, -0.25) is 4.79 Å². The number of halogens is 2. The zero-order valence-electron chi connectivity index (χ0n) is 11.8. The van der Waals surface area contributed by atoms with Gasteiger partial charge in [-0.1, -0.05) is 31.0 Å². The van der Waals surface area contributed by atoms with E-state index in [0.717, 1.165) is 32.2 Å². The Morgan fingerprint density at radius 1 is 1.50 bits per heavy atom. The number of hydrogen-bond donors (Lipinski definition) is 1. The van der Waals surface area contributed by atoms with Crippen LogP contribution in [0.25, 0.3) is 0 Å². The monoisotopic (exact) mass is 297 g/mol. The summed E-state index contributed by atoms with van der Waals surface area (Å²) in [5.41, 5.74) is -0.0151. The molecule has 0 aliphatic carbocycles. The highest BCUT2D eigenvalue weighted by atomic mass is 35.5. The summed E-state index contributed by atoms with van der Waals surface area (Å²) in [4.78, 5) is 12.7. The van der Waals surface area contributed by atoms with E-state index in [1.165, 1.54) is 6.07 Å². The predicted molar refractivity (Wildman–Crippen MR) is 79.6 cm³/mol. The maximum atomic E-state index is 13.8. The van der Waals surface area contributed by atoms with Gasteiger partial charge in [0.1, 0.15) is 11.6 Å². The molecule has 0 amide bonds.